The molecule has 1 aliphatic rings. The second-order valence-electron chi connectivity index (χ2n) is 9.49. The molecule has 172 valence electrons. The molecule has 1 N–H and O–H groups in total. The zero-order chi connectivity index (χ0) is 23.6. The zero-order valence-electron chi connectivity index (χ0n) is 19.0. The number of hydrogen-bond donors (Lipinski definition) is 1. The van der Waals surface area contributed by atoms with Gasteiger partial charge in [0.05, 0.1) is 6.20 Å². The highest BCUT2D eigenvalue weighted by Crippen LogP contribution is 2.42. The monoisotopic (exact) mass is 464 g/mol. The molecule has 2 atom stereocenters. The van der Waals surface area contributed by atoms with E-state index in [1.165, 1.54) is 6.20 Å². The van der Waals surface area contributed by atoms with E-state index in [2.05, 4.69) is 25.8 Å². The molecule has 1 fully saturated rings. The van der Waals surface area contributed by atoms with Crippen LogP contribution in [0.1, 0.15) is 60.1 Å². The van der Waals surface area contributed by atoms with E-state index in [1.54, 1.807) is 29.2 Å². The molecule has 2 aromatic carbocycles. The second-order valence-corrected chi connectivity index (χ2v) is 10.5. The van der Waals surface area contributed by atoms with E-state index in [9.17, 15) is 14.7 Å². The van der Waals surface area contributed by atoms with E-state index in [0.717, 1.165) is 36.3 Å². The largest absolute Gasteiger partial charge is 0.477 e. The fraction of sp³-hybridized carbons (Fsp3) is 0.346. The van der Waals surface area contributed by atoms with Crippen LogP contribution in [0.5, 0.6) is 11.5 Å². The first kappa shape index (κ1) is 23.0. The van der Waals surface area contributed by atoms with Crippen molar-refractivity contribution in [2.45, 2.75) is 46.1 Å². The fourth-order valence-electron chi connectivity index (χ4n) is 4.81. The highest BCUT2D eigenvalue weighted by molar-refractivity contribution is 7.17. The third-order valence-electron chi connectivity index (χ3n) is 5.94. The third kappa shape index (κ3) is 5.42. The van der Waals surface area contributed by atoms with Crippen LogP contribution in [0, 0.1) is 11.3 Å². The molecule has 1 aromatic heterocycles. The molecule has 4 rings (SSSR count). The molecule has 0 spiro atoms. The summed E-state index contributed by atoms with van der Waals surface area (Å²) in [5.74, 6) is 0.600. The summed E-state index contributed by atoms with van der Waals surface area (Å²) in [6.07, 6.45) is 4.11. The van der Waals surface area contributed by atoms with Gasteiger partial charge in [0.1, 0.15) is 16.4 Å². The lowest BCUT2D eigenvalue weighted by Crippen LogP contribution is -2.46. The first-order chi connectivity index (χ1) is 15.7. The molecule has 0 bridgehead atoms. The van der Waals surface area contributed by atoms with Crippen LogP contribution in [0.3, 0.4) is 0 Å². The van der Waals surface area contributed by atoms with Crippen LogP contribution in [-0.2, 0) is 0 Å². The van der Waals surface area contributed by atoms with Gasteiger partial charge in [-0.1, -0.05) is 50.3 Å². The number of amides is 1. The first-order valence-electron chi connectivity index (χ1n) is 11.1. The number of ether oxygens (including phenoxy) is 1. The number of carbonyl (C=O) groups is 2. The van der Waals surface area contributed by atoms with Gasteiger partial charge in [-0.3, -0.25) is 9.69 Å². The summed E-state index contributed by atoms with van der Waals surface area (Å²) in [5.41, 5.74) is 0.597. The number of rotatable bonds is 6. The second kappa shape index (κ2) is 9.35. The fourth-order valence-corrected chi connectivity index (χ4v) is 5.63. The molecule has 6 nitrogen and oxygen atoms in total. The SMILES string of the molecule is C[C@H]1C[C@@H](N(C(=O)c2ccc(Oc3ccccc3)cc2)c2ncc(C(=O)O)s2)CC(C)(C)C1. The number of carboxylic acid groups (broad SMARTS) is 1. The summed E-state index contributed by atoms with van der Waals surface area (Å²) < 4.78 is 5.85. The number of carbonyl (C=O) groups excluding carboxylic acids is 1. The summed E-state index contributed by atoms with van der Waals surface area (Å²) in [4.78, 5) is 31.3. The number of hydrogen-bond acceptors (Lipinski definition) is 5. The number of thiazole rings is 1. The van der Waals surface area contributed by atoms with Crippen LogP contribution in [0.2, 0.25) is 0 Å². The summed E-state index contributed by atoms with van der Waals surface area (Å²) in [6, 6.07) is 16.5. The van der Waals surface area contributed by atoms with E-state index >= 15 is 0 Å². The Hall–Kier alpha value is -3.19. The lowest BCUT2D eigenvalue weighted by Gasteiger charge is -2.43. The van der Waals surface area contributed by atoms with Crippen LogP contribution in [0.25, 0.3) is 0 Å². The third-order valence-corrected chi connectivity index (χ3v) is 6.92. The number of benzene rings is 2. The predicted octanol–water partition coefficient (Wildman–Crippen LogP) is 6.50. The molecule has 1 aliphatic carbocycles. The molecular weight excluding hydrogens is 436 g/mol. The molecule has 33 heavy (non-hydrogen) atoms. The molecule has 7 heteroatoms. The standard InChI is InChI=1S/C26H28N2O4S/c1-17-13-19(15-26(2,3)14-17)28(25-27-16-22(33-25)24(30)31)23(29)18-9-11-21(12-10-18)32-20-7-5-4-6-8-20/h4-12,16-17,19H,13-15H2,1-3H3,(H,30,31)/t17-,19+/m0/s1. The average molecular weight is 465 g/mol. The van der Waals surface area contributed by atoms with E-state index in [4.69, 9.17) is 4.74 Å². The Kier molecular flexibility index (Phi) is 6.51. The molecule has 0 aliphatic heterocycles. The maximum atomic E-state index is 13.7. The van der Waals surface area contributed by atoms with Gasteiger partial charge in [-0.2, -0.15) is 0 Å². The molecule has 1 saturated carbocycles. The van der Waals surface area contributed by atoms with Gasteiger partial charge in [-0.25, -0.2) is 9.78 Å². The Labute approximate surface area is 197 Å². The average Bonchev–Trinajstić information content (AvgIpc) is 3.24. The maximum Gasteiger partial charge on any atom is 0.347 e. The van der Waals surface area contributed by atoms with E-state index in [1.807, 2.05) is 30.3 Å². The van der Waals surface area contributed by atoms with E-state index < -0.39 is 5.97 Å². The number of para-hydroxylation sites is 1. The Morgan fingerprint density at radius 3 is 2.33 bits per heavy atom. The summed E-state index contributed by atoms with van der Waals surface area (Å²) in [5, 5.41) is 9.80. The summed E-state index contributed by atoms with van der Waals surface area (Å²) in [6.45, 7) is 6.65. The highest BCUT2D eigenvalue weighted by Gasteiger charge is 2.38. The summed E-state index contributed by atoms with van der Waals surface area (Å²) >= 11 is 1.04. The van der Waals surface area contributed by atoms with Crippen LogP contribution in [0.4, 0.5) is 5.13 Å². The van der Waals surface area contributed by atoms with Gasteiger partial charge in [-0.15, -0.1) is 0 Å². The number of aromatic carboxylic acids is 1. The maximum absolute atomic E-state index is 13.7. The molecule has 0 radical (unpaired) electrons. The van der Waals surface area contributed by atoms with Crippen LogP contribution < -0.4 is 9.64 Å². The predicted molar refractivity (Wildman–Crippen MR) is 129 cm³/mol. The summed E-state index contributed by atoms with van der Waals surface area (Å²) in [7, 11) is 0. The van der Waals surface area contributed by atoms with Crippen molar-refractivity contribution in [1.82, 2.24) is 4.98 Å². The van der Waals surface area contributed by atoms with Crippen LogP contribution in [0.15, 0.2) is 60.8 Å². The Morgan fingerprint density at radius 2 is 1.73 bits per heavy atom. The number of carboxylic acids is 1. The van der Waals surface area contributed by atoms with Crippen molar-refractivity contribution < 1.29 is 19.4 Å². The van der Waals surface area contributed by atoms with Crippen LogP contribution in [-0.4, -0.2) is 28.0 Å². The van der Waals surface area contributed by atoms with Gasteiger partial charge in [0.15, 0.2) is 5.13 Å². The lowest BCUT2D eigenvalue weighted by molar-refractivity contribution is 0.0701. The number of aromatic nitrogens is 1. The van der Waals surface area contributed by atoms with Crippen molar-refractivity contribution in [2.75, 3.05) is 4.90 Å². The van der Waals surface area contributed by atoms with Crippen molar-refractivity contribution in [2.24, 2.45) is 11.3 Å². The minimum atomic E-state index is -1.04. The van der Waals surface area contributed by atoms with Crippen molar-refractivity contribution in [3.05, 3.63) is 71.2 Å². The molecule has 1 amide bonds. The highest BCUT2D eigenvalue weighted by atomic mass is 32.1. The first-order valence-corrected chi connectivity index (χ1v) is 11.9. The molecule has 1 heterocycles. The van der Waals surface area contributed by atoms with Gasteiger partial charge >= 0.3 is 5.97 Å². The number of nitrogens with zero attached hydrogens (tertiary/aromatic N) is 2. The smallest absolute Gasteiger partial charge is 0.347 e. The quantitative estimate of drug-likeness (QED) is 0.451. The van der Waals surface area contributed by atoms with Gasteiger partial charge < -0.3 is 9.84 Å². The van der Waals surface area contributed by atoms with Crippen LogP contribution >= 0.6 is 11.3 Å². The van der Waals surface area contributed by atoms with E-state index in [-0.39, 0.29) is 22.2 Å². The number of anilines is 1. The van der Waals surface area contributed by atoms with Gasteiger partial charge in [0.2, 0.25) is 0 Å². The normalized spacial score (nSPS) is 19.6. The van der Waals surface area contributed by atoms with Gasteiger partial charge in [-0.05, 0) is 67.0 Å². The Morgan fingerprint density at radius 1 is 1.06 bits per heavy atom. The Balaban J connectivity index is 1.63. The van der Waals surface area contributed by atoms with Gasteiger partial charge in [0, 0.05) is 11.6 Å². The molecule has 3 aromatic rings. The molecule has 0 unspecified atom stereocenters. The van der Waals surface area contributed by atoms with Crippen molar-refractivity contribution in [1.29, 1.82) is 0 Å². The zero-order valence-corrected chi connectivity index (χ0v) is 19.8. The van der Waals surface area contributed by atoms with Crippen molar-refractivity contribution >= 4 is 28.3 Å². The topological polar surface area (TPSA) is 79.7 Å². The van der Waals surface area contributed by atoms with Gasteiger partial charge in [0.25, 0.3) is 5.91 Å². The van der Waals surface area contributed by atoms with E-state index in [0.29, 0.717) is 22.4 Å². The van der Waals surface area contributed by atoms with Crippen molar-refractivity contribution in [3.8, 4) is 11.5 Å². The minimum absolute atomic E-state index is 0.0516. The molecule has 0 saturated heterocycles. The lowest BCUT2D eigenvalue weighted by atomic mass is 9.70. The Bertz CT molecular complexity index is 1120. The minimum Gasteiger partial charge on any atom is -0.477 e. The van der Waals surface area contributed by atoms with Crippen molar-refractivity contribution in [3.63, 3.8) is 0 Å². The molecular formula is C26H28N2O4S.